The Morgan fingerprint density at radius 1 is 1.00 bits per heavy atom. The van der Waals surface area contributed by atoms with Crippen LogP contribution in [-0.2, 0) is 4.74 Å². The van der Waals surface area contributed by atoms with E-state index in [-0.39, 0.29) is 17.9 Å². The van der Waals surface area contributed by atoms with E-state index in [4.69, 9.17) is 9.47 Å². The Labute approximate surface area is 165 Å². The summed E-state index contributed by atoms with van der Waals surface area (Å²) < 4.78 is 77.8. The third-order valence-corrected chi connectivity index (χ3v) is 4.06. The highest BCUT2D eigenvalue weighted by Gasteiger charge is 2.58. The summed E-state index contributed by atoms with van der Waals surface area (Å²) in [5.41, 5.74) is -0.571. The van der Waals surface area contributed by atoms with Gasteiger partial charge in [-0.1, -0.05) is 0 Å². The minimum atomic E-state index is -5.66. The summed E-state index contributed by atoms with van der Waals surface area (Å²) in [4.78, 5) is 13.6. The number of carbonyl (C=O) groups excluding carboxylic acids is 1. The highest BCUT2D eigenvalue weighted by Crippen LogP contribution is 2.36. The molecule has 0 aliphatic carbocycles. The van der Waals surface area contributed by atoms with Crippen molar-refractivity contribution in [3.05, 3.63) is 24.3 Å². The van der Waals surface area contributed by atoms with Gasteiger partial charge in [-0.25, -0.2) is 4.79 Å². The van der Waals surface area contributed by atoms with Crippen LogP contribution in [0.1, 0.15) is 33.6 Å². The van der Waals surface area contributed by atoms with Crippen LogP contribution in [0.25, 0.3) is 0 Å². The number of likely N-dealkylation sites (tertiary alicyclic amines) is 1. The largest absolute Gasteiger partial charge is 0.490 e. The molecule has 0 radical (unpaired) electrons. The molecule has 1 aliphatic rings. The second-order valence-electron chi connectivity index (χ2n) is 7.75. The molecule has 5 nitrogen and oxygen atoms in total. The highest BCUT2D eigenvalue weighted by atomic mass is 19.4. The van der Waals surface area contributed by atoms with E-state index >= 15 is 0 Å². The highest BCUT2D eigenvalue weighted by molar-refractivity contribution is 5.68. The van der Waals surface area contributed by atoms with Crippen molar-refractivity contribution in [2.75, 3.05) is 19.7 Å². The number of carbonyl (C=O) groups is 1. The second kappa shape index (κ2) is 8.62. The van der Waals surface area contributed by atoms with Gasteiger partial charge in [0.05, 0.1) is 0 Å². The predicted octanol–water partition coefficient (Wildman–Crippen LogP) is 5.04. The van der Waals surface area contributed by atoms with Crippen molar-refractivity contribution in [2.24, 2.45) is 0 Å². The fourth-order valence-electron chi connectivity index (χ4n) is 2.55. The topological polar surface area (TPSA) is 48.0 Å². The van der Waals surface area contributed by atoms with E-state index in [1.165, 1.54) is 24.3 Å². The van der Waals surface area contributed by atoms with E-state index in [1.807, 2.05) is 0 Å². The maximum absolute atomic E-state index is 12.9. The first-order valence-corrected chi connectivity index (χ1v) is 9.09. The number of hydrogen-bond acceptors (Lipinski definition) is 4. The van der Waals surface area contributed by atoms with Gasteiger partial charge in [-0.2, -0.15) is 22.0 Å². The predicted molar refractivity (Wildman–Crippen MR) is 94.4 cm³/mol. The molecule has 29 heavy (non-hydrogen) atoms. The van der Waals surface area contributed by atoms with Gasteiger partial charge >= 0.3 is 18.2 Å². The Morgan fingerprint density at radius 2 is 1.52 bits per heavy atom. The van der Waals surface area contributed by atoms with Crippen molar-refractivity contribution in [1.82, 2.24) is 4.90 Å². The van der Waals surface area contributed by atoms with Crippen molar-refractivity contribution >= 4 is 6.09 Å². The Bertz CT molecular complexity index is 677. The summed E-state index contributed by atoms with van der Waals surface area (Å²) in [6.07, 6.45) is -5.04. The third kappa shape index (κ3) is 6.93. The maximum atomic E-state index is 12.9. The number of amides is 1. The van der Waals surface area contributed by atoms with Gasteiger partial charge in [0.15, 0.2) is 6.61 Å². The number of benzene rings is 1. The molecule has 1 fully saturated rings. The van der Waals surface area contributed by atoms with Crippen molar-refractivity contribution < 1.29 is 41.0 Å². The molecule has 0 unspecified atom stereocenters. The van der Waals surface area contributed by atoms with E-state index in [0.717, 1.165) is 0 Å². The van der Waals surface area contributed by atoms with E-state index in [0.29, 0.717) is 31.7 Å². The summed E-state index contributed by atoms with van der Waals surface area (Å²) in [6.45, 7) is 4.51. The minimum Gasteiger partial charge on any atom is -0.490 e. The first-order chi connectivity index (χ1) is 13.3. The molecule has 1 aromatic rings. The first-order valence-electron chi connectivity index (χ1n) is 9.09. The molecule has 10 heteroatoms. The van der Waals surface area contributed by atoms with Gasteiger partial charge < -0.3 is 19.1 Å². The average molecular weight is 425 g/mol. The molecule has 0 N–H and O–H groups in total. The SMILES string of the molecule is CC(C)(C)OC(=O)N1CCC(Oc2ccc(OCC(F)(F)C(F)(F)F)cc2)CC1. The zero-order valence-electron chi connectivity index (χ0n) is 16.4. The number of nitrogens with zero attached hydrogens (tertiary/aromatic N) is 1. The molecular formula is C19H24F5NO4. The minimum absolute atomic E-state index is 0.124. The molecule has 0 bridgehead atoms. The summed E-state index contributed by atoms with van der Waals surface area (Å²) >= 11 is 0. The monoisotopic (exact) mass is 425 g/mol. The standard InChI is InChI=1S/C19H24F5NO4/c1-17(2,3)29-16(26)25-10-8-15(9-11-25)28-14-6-4-13(5-7-14)27-12-18(20,21)19(22,23)24/h4-7,15H,8-12H2,1-3H3. The lowest BCUT2D eigenvalue weighted by molar-refractivity contribution is -0.290. The first kappa shape index (κ1) is 23.0. The number of hydrogen-bond donors (Lipinski definition) is 0. The Balaban J connectivity index is 1.80. The zero-order chi connectivity index (χ0) is 21.9. The fourth-order valence-corrected chi connectivity index (χ4v) is 2.55. The average Bonchev–Trinajstić information content (AvgIpc) is 2.59. The van der Waals surface area contributed by atoms with Gasteiger partial charge in [0, 0.05) is 25.9 Å². The quantitative estimate of drug-likeness (QED) is 0.620. The molecule has 2 rings (SSSR count). The van der Waals surface area contributed by atoms with Crippen LogP contribution in [0, 0.1) is 0 Å². The Hall–Kier alpha value is -2.26. The second-order valence-corrected chi connectivity index (χ2v) is 7.75. The lowest BCUT2D eigenvalue weighted by Gasteiger charge is -2.33. The van der Waals surface area contributed by atoms with Crippen LogP contribution in [-0.4, -0.2) is 54.5 Å². The van der Waals surface area contributed by atoms with Crippen molar-refractivity contribution in [3.8, 4) is 11.5 Å². The summed E-state index contributed by atoms with van der Waals surface area (Å²) in [7, 11) is 0. The van der Waals surface area contributed by atoms with Gasteiger partial charge in [0.25, 0.3) is 0 Å². The molecular weight excluding hydrogens is 401 g/mol. The van der Waals surface area contributed by atoms with Crippen molar-refractivity contribution in [1.29, 1.82) is 0 Å². The lowest BCUT2D eigenvalue weighted by Crippen LogP contribution is -2.44. The summed E-state index contributed by atoms with van der Waals surface area (Å²) in [5, 5.41) is 0. The van der Waals surface area contributed by atoms with E-state index in [9.17, 15) is 26.7 Å². The summed E-state index contributed by atoms with van der Waals surface area (Å²) in [5.74, 6) is -4.62. The fraction of sp³-hybridized carbons (Fsp3) is 0.632. The number of ether oxygens (including phenoxy) is 3. The Kier molecular flexibility index (Phi) is 6.85. The molecule has 1 aliphatic heterocycles. The molecule has 164 valence electrons. The maximum Gasteiger partial charge on any atom is 0.456 e. The van der Waals surface area contributed by atoms with Crippen LogP contribution in [0.3, 0.4) is 0 Å². The van der Waals surface area contributed by atoms with Crippen LogP contribution in [0.5, 0.6) is 11.5 Å². The van der Waals surface area contributed by atoms with Crippen LogP contribution in [0.2, 0.25) is 0 Å². The molecule has 0 spiro atoms. The molecule has 0 aromatic heterocycles. The molecule has 1 aromatic carbocycles. The van der Waals surface area contributed by atoms with Gasteiger partial charge in [-0.3, -0.25) is 0 Å². The smallest absolute Gasteiger partial charge is 0.456 e. The van der Waals surface area contributed by atoms with E-state index in [1.54, 1.807) is 25.7 Å². The lowest BCUT2D eigenvalue weighted by atomic mass is 10.1. The molecule has 0 saturated carbocycles. The number of alkyl halides is 5. The number of piperidine rings is 1. The van der Waals surface area contributed by atoms with Gasteiger partial charge in [0.2, 0.25) is 0 Å². The van der Waals surface area contributed by atoms with Crippen LogP contribution in [0.4, 0.5) is 26.7 Å². The van der Waals surface area contributed by atoms with Crippen LogP contribution < -0.4 is 9.47 Å². The summed E-state index contributed by atoms with van der Waals surface area (Å²) in [6, 6.07) is 5.39. The molecule has 1 heterocycles. The van der Waals surface area contributed by atoms with Gasteiger partial charge in [-0.05, 0) is 45.0 Å². The number of halogens is 5. The van der Waals surface area contributed by atoms with Gasteiger partial charge in [0.1, 0.15) is 23.2 Å². The van der Waals surface area contributed by atoms with Crippen LogP contribution in [0.15, 0.2) is 24.3 Å². The third-order valence-electron chi connectivity index (χ3n) is 4.06. The van der Waals surface area contributed by atoms with Crippen molar-refractivity contribution in [3.63, 3.8) is 0 Å². The normalized spacial score (nSPS) is 16.5. The molecule has 1 amide bonds. The van der Waals surface area contributed by atoms with E-state index < -0.39 is 24.3 Å². The zero-order valence-corrected chi connectivity index (χ0v) is 16.4. The Morgan fingerprint density at radius 3 is 2.00 bits per heavy atom. The van der Waals surface area contributed by atoms with Gasteiger partial charge in [-0.15, -0.1) is 0 Å². The number of rotatable bonds is 5. The van der Waals surface area contributed by atoms with Crippen molar-refractivity contribution in [2.45, 2.75) is 57.4 Å². The van der Waals surface area contributed by atoms with E-state index in [2.05, 4.69) is 4.74 Å². The molecule has 1 saturated heterocycles. The molecule has 0 atom stereocenters. The van der Waals surface area contributed by atoms with Crippen LogP contribution >= 0.6 is 0 Å².